The summed E-state index contributed by atoms with van der Waals surface area (Å²) in [5.74, 6) is 4.03. The normalized spacial score (nSPS) is 15.8. The van der Waals surface area contributed by atoms with Crippen LogP contribution < -0.4 is 41.1 Å². The number of nitrogens with two attached hydrogens (primary N) is 1. The van der Waals surface area contributed by atoms with Crippen LogP contribution in [0.4, 0.5) is 23.1 Å². The summed E-state index contributed by atoms with van der Waals surface area (Å²) < 4.78 is 5.33. The van der Waals surface area contributed by atoms with Crippen LogP contribution in [0.15, 0.2) is 91.4 Å². The van der Waals surface area contributed by atoms with Crippen LogP contribution in [0.5, 0.6) is 5.75 Å². The van der Waals surface area contributed by atoms with Crippen LogP contribution in [0.3, 0.4) is 0 Å². The molecule has 0 spiro atoms. The number of fused-ring (bicyclic) bond motifs is 9. The molecular formula is C47H50N14O. The van der Waals surface area contributed by atoms with Gasteiger partial charge in [-0.2, -0.15) is 5.26 Å². The predicted molar refractivity (Wildman–Crippen MR) is 252 cm³/mol. The molecule has 3 aliphatic rings. The van der Waals surface area contributed by atoms with E-state index in [1.165, 1.54) is 10.8 Å². The Morgan fingerprint density at radius 2 is 0.919 bits per heavy atom. The van der Waals surface area contributed by atoms with E-state index in [4.69, 9.17) is 30.7 Å². The molecule has 0 radical (unpaired) electrons. The third-order valence-corrected chi connectivity index (χ3v) is 12.1. The van der Waals surface area contributed by atoms with Gasteiger partial charge in [0.15, 0.2) is 0 Å². The minimum atomic E-state index is 0.662. The van der Waals surface area contributed by atoms with E-state index in [-0.39, 0.29) is 0 Å². The molecule has 3 aromatic carbocycles. The van der Waals surface area contributed by atoms with Gasteiger partial charge in [-0.3, -0.25) is 0 Å². The Morgan fingerprint density at radius 3 is 1.35 bits per heavy atom. The average Bonchev–Trinajstić information content (AvgIpc) is 4.15. The van der Waals surface area contributed by atoms with E-state index >= 15 is 0 Å². The Balaban J connectivity index is 0.000000111. The molecule has 9 aromatic rings. The highest BCUT2D eigenvalue weighted by Crippen LogP contribution is 2.35. The number of benzene rings is 3. The number of nitrogens with one attached hydrogen (secondary N) is 6. The molecule has 0 saturated carbocycles. The summed E-state index contributed by atoms with van der Waals surface area (Å²) in [6.45, 7) is 11.9. The standard InChI is InChI=1S/C16H15N5.C16H18N4O.C15H17N5/c17-10-11-1-2-14-13(9-11)15-12(3-4-19-15)16(20-14)21-7-5-18-6-8-21;1-21-11-2-3-14-13(10-11)15-12(4-5-18-15)16(19-14)20-8-6-17-7-9-20;16-10-1-2-13-12(9-10)14-11(3-4-18-14)15(19-13)20-7-5-17-6-8-20/h1-4,9,18-19H,5-8H2;2-5,10,17-18H,6-9H2,1H3;1-4,9,17-18H,5-8,16H2. The second kappa shape index (κ2) is 17.1. The van der Waals surface area contributed by atoms with Gasteiger partial charge in [0.2, 0.25) is 0 Å². The number of nitriles is 1. The monoisotopic (exact) mass is 826 g/mol. The molecule has 15 heteroatoms. The number of nitrogen functional groups attached to an aromatic ring is 1. The minimum Gasteiger partial charge on any atom is -0.497 e. The Morgan fingerprint density at radius 1 is 0.516 bits per heavy atom. The molecule has 0 atom stereocenters. The predicted octanol–water partition coefficient (Wildman–Crippen LogP) is 5.84. The van der Waals surface area contributed by atoms with Crippen molar-refractivity contribution in [2.45, 2.75) is 0 Å². The van der Waals surface area contributed by atoms with Crippen LogP contribution in [0.2, 0.25) is 0 Å². The molecule has 0 aliphatic carbocycles. The van der Waals surface area contributed by atoms with E-state index in [1.54, 1.807) is 7.11 Å². The van der Waals surface area contributed by atoms with Crippen molar-refractivity contribution in [2.24, 2.45) is 0 Å². The third-order valence-electron chi connectivity index (χ3n) is 12.1. The van der Waals surface area contributed by atoms with Gasteiger partial charge in [-0.05, 0) is 72.8 Å². The Kier molecular flexibility index (Phi) is 10.8. The molecule has 0 amide bonds. The minimum absolute atomic E-state index is 0.662. The Hall–Kier alpha value is -7.12. The average molecular weight is 827 g/mol. The molecule has 6 aromatic heterocycles. The van der Waals surface area contributed by atoms with Crippen molar-refractivity contribution in [1.29, 1.82) is 5.26 Å². The lowest BCUT2D eigenvalue weighted by molar-refractivity contribution is 0.415. The van der Waals surface area contributed by atoms with Crippen LogP contribution in [0.25, 0.3) is 65.4 Å². The molecule has 8 N–H and O–H groups in total. The van der Waals surface area contributed by atoms with Crippen molar-refractivity contribution in [3.05, 3.63) is 97.0 Å². The smallest absolute Gasteiger partial charge is 0.138 e. The number of ether oxygens (including phenoxy) is 1. The lowest BCUT2D eigenvalue weighted by atomic mass is 10.1. The largest absolute Gasteiger partial charge is 0.497 e. The van der Waals surface area contributed by atoms with E-state index in [9.17, 15) is 0 Å². The van der Waals surface area contributed by atoms with E-state index in [0.717, 1.165) is 162 Å². The van der Waals surface area contributed by atoms with Gasteiger partial charge in [0.1, 0.15) is 23.2 Å². The SMILES string of the molecule is COc1ccc2nc(N3CCNCC3)c3cc[nH]c3c2c1.N#Cc1ccc2nc(N3CCNCC3)c3cc[nH]c3c2c1.Nc1ccc2nc(N3CCNCC3)c3cc[nH]c3c2c1. The Labute approximate surface area is 358 Å². The number of piperazine rings is 3. The van der Waals surface area contributed by atoms with Gasteiger partial charge in [-0.15, -0.1) is 0 Å². The first-order valence-electron chi connectivity index (χ1n) is 21.4. The van der Waals surface area contributed by atoms with Crippen LogP contribution in [-0.4, -0.2) is 116 Å². The van der Waals surface area contributed by atoms with E-state index in [1.807, 2.05) is 73.2 Å². The maximum Gasteiger partial charge on any atom is 0.138 e. The van der Waals surface area contributed by atoms with Crippen molar-refractivity contribution in [3.8, 4) is 11.8 Å². The fourth-order valence-corrected chi connectivity index (χ4v) is 8.91. The quantitative estimate of drug-likeness (QED) is 0.105. The highest BCUT2D eigenvalue weighted by atomic mass is 16.5. The van der Waals surface area contributed by atoms with Gasteiger partial charge in [0, 0.05) is 135 Å². The number of pyridine rings is 3. The first-order chi connectivity index (χ1) is 30.6. The van der Waals surface area contributed by atoms with Crippen molar-refractivity contribution in [1.82, 2.24) is 45.9 Å². The highest BCUT2D eigenvalue weighted by Gasteiger charge is 2.20. The summed E-state index contributed by atoms with van der Waals surface area (Å²) >= 11 is 0. The van der Waals surface area contributed by atoms with Gasteiger partial charge in [-0.25, -0.2) is 15.0 Å². The maximum absolute atomic E-state index is 9.08. The number of anilines is 4. The number of rotatable bonds is 4. The topological polar surface area (TPSA) is 191 Å². The van der Waals surface area contributed by atoms with E-state index < -0.39 is 0 Å². The molecule has 9 heterocycles. The molecule has 314 valence electrons. The van der Waals surface area contributed by atoms with Gasteiger partial charge in [0.05, 0.1) is 51.8 Å². The molecule has 12 rings (SSSR count). The molecular weight excluding hydrogens is 777 g/mol. The summed E-state index contributed by atoms with van der Waals surface area (Å²) in [4.78, 5) is 31.6. The number of methoxy groups -OCH3 is 1. The van der Waals surface area contributed by atoms with Crippen LogP contribution >= 0.6 is 0 Å². The van der Waals surface area contributed by atoms with Crippen molar-refractivity contribution in [3.63, 3.8) is 0 Å². The first kappa shape index (κ1) is 39.0. The van der Waals surface area contributed by atoms with Crippen molar-refractivity contribution >= 4 is 88.6 Å². The molecule has 0 bridgehead atoms. The molecule has 3 fully saturated rings. The second-order valence-corrected chi connectivity index (χ2v) is 15.8. The van der Waals surface area contributed by atoms with Gasteiger partial charge >= 0.3 is 0 Å². The van der Waals surface area contributed by atoms with Gasteiger partial charge < -0.3 is 56.1 Å². The first-order valence-corrected chi connectivity index (χ1v) is 21.4. The van der Waals surface area contributed by atoms with E-state index in [2.05, 4.69) is 69.9 Å². The van der Waals surface area contributed by atoms with E-state index in [0.29, 0.717) is 5.56 Å². The highest BCUT2D eigenvalue weighted by molar-refractivity contribution is 6.11. The zero-order valence-corrected chi connectivity index (χ0v) is 34.8. The van der Waals surface area contributed by atoms with Crippen molar-refractivity contribution in [2.75, 3.05) is 106 Å². The number of aromatic nitrogens is 6. The summed E-state index contributed by atoms with van der Waals surface area (Å²) in [5.41, 5.74) is 13.6. The maximum atomic E-state index is 9.08. The van der Waals surface area contributed by atoms with Crippen molar-refractivity contribution < 1.29 is 4.74 Å². The third kappa shape index (κ3) is 7.49. The fourth-order valence-electron chi connectivity index (χ4n) is 8.91. The number of hydrogen-bond acceptors (Lipinski definition) is 12. The molecule has 15 nitrogen and oxygen atoms in total. The summed E-state index contributed by atoms with van der Waals surface area (Å²) in [6.07, 6.45) is 5.90. The fraction of sp³-hybridized carbons (Fsp3) is 0.277. The summed E-state index contributed by atoms with van der Waals surface area (Å²) in [6, 6.07) is 26.1. The summed E-state index contributed by atoms with van der Waals surface area (Å²) in [5, 5.41) is 25.9. The molecule has 62 heavy (non-hydrogen) atoms. The number of aromatic amines is 3. The number of nitrogens with zero attached hydrogens (tertiary/aromatic N) is 7. The zero-order valence-electron chi connectivity index (χ0n) is 34.8. The molecule has 3 saturated heterocycles. The molecule has 0 unspecified atom stereocenters. The lowest BCUT2D eigenvalue weighted by Gasteiger charge is -2.29. The van der Waals surface area contributed by atoms with Crippen LogP contribution in [0.1, 0.15) is 5.56 Å². The van der Waals surface area contributed by atoms with Gasteiger partial charge in [0.25, 0.3) is 0 Å². The van der Waals surface area contributed by atoms with Crippen LogP contribution in [-0.2, 0) is 0 Å². The number of H-pyrrole nitrogens is 3. The number of hydrogen-bond donors (Lipinski definition) is 7. The summed E-state index contributed by atoms with van der Waals surface area (Å²) in [7, 11) is 1.69. The lowest BCUT2D eigenvalue weighted by Crippen LogP contribution is -2.43. The Bertz CT molecular complexity index is 3070. The second-order valence-electron chi connectivity index (χ2n) is 15.8. The van der Waals surface area contributed by atoms with Gasteiger partial charge in [-0.1, -0.05) is 0 Å². The van der Waals surface area contributed by atoms with Crippen LogP contribution in [0, 0.1) is 11.3 Å². The zero-order chi connectivity index (χ0) is 42.0. The molecule has 3 aliphatic heterocycles.